The zero-order chi connectivity index (χ0) is 16.8. The Balaban J connectivity index is 2.42. The number of aromatic nitrogens is 1. The average molecular weight is 327 g/mol. The molecule has 0 radical (unpaired) electrons. The zero-order valence-corrected chi connectivity index (χ0v) is 11.0. The third kappa shape index (κ3) is 2.46. The number of alkyl halides is 6. The predicted octanol–water partition coefficient (Wildman–Crippen LogP) is 2.50. The highest BCUT2D eigenvalue weighted by Gasteiger charge is 2.72. The number of amides is 1. The molecule has 0 unspecified atom stereocenters. The lowest BCUT2D eigenvalue weighted by atomic mass is 9.85. The van der Waals surface area contributed by atoms with E-state index in [4.69, 9.17) is 5.73 Å². The van der Waals surface area contributed by atoms with Crippen LogP contribution in [0.1, 0.15) is 16.8 Å². The van der Waals surface area contributed by atoms with Crippen molar-refractivity contribution in [3.8, 4) is 0 Å². The molecular formula is C12H11F6N3O. The Morgan fingerprint density at radius 3 is 2.27 bits per heavy atom. The van der Waals surface area contributed by atoms with Gasteiger partial charge in [0, 0.05) is 25.5 Å². The summed E-state index contributed by atoms with van der Waals surface area (Å²) in [6.45, 7) is -1.81. The first-order valence-electron chi connectivity index (χ1n) is 6.12. The van der Waals surface area contributed by atoms with Crippen LogP contribution in [-0.4, -0.2) is 36.3 Å². The van der Waals surface area contributed by atoms with Crippen molar-refractivity contribution in [2.45, 2.75) is 18.8 Å². The summed E-state index contributed by atoms with van der Waals surface area (Å²) in [5, 5.41) is 0. The van der Waals surface area contributed by atoms with Gasteiger partial charge in [-0.15, -0.1) is 0 Å². The van der Waals surface area contributed by atoms with E-state index in [9.17, 15) is 31.1 Å². The van der Waals surface area contributed by atoms with Crippen LogP contribution < -0.4 is 10.6 Å². The molecule has 122 valence electrons. The molecule has 0 atom stereocenters. The topological polar surface area (TPSA) is 59.2 Å². The lowest BCUT2D eigenvalue weighted by Crippen LogP contribution is -2.51. The van der Waals surface area contributed by atoms with Gasteiger partial charge in [-0.05, 0) is 12.5 Å². The predicted molar refractivity (Wildman–Crippen MR) is 64.1 cm³/mol. The van der Waals surface area contributed by atoms with Gasteiger partial charge in [0.2, 0.25) is 0 Å². The molecule has 2 rings (SSSR count). The van der Waals surface area contributed by atoms with Crippen molar-refractivity contribution in [1.82, 2.24) is 4.98 Å². The number of pyridine rings is 1. The minimum atomic E-state index is -5.44. The summed E-state index contributed by atoms with van der Waals surface area (Å²) in [5.41, 5.74) is 0.945. The van der Waals surface area contributed by atoms with Crippen LogP contribution in [-0.2, 0) is 0 Å². The standard InChI is InChI=1S/C12H11F6N3O/c13-11(14,15)10(12(16,17)18)2-4-21(6-10)8-1-3-20-5-7(8)9(19)22/h1,3,5H,2,4,6H2,(H2,19,22). The summed E-state index contributed by atoms with van der Waals surface area (Å²) in [7, 11) is 0. The lowest BCUT2D eigenvalue weighted by Gasteiger charge is -2.34. The first kappa shape index (κ1) is 16.4. The van der Waals surface area contributed by atoms with Gasteiger partial charge in [0.05, 0.1) is 11.3 Å². The van der Waals surface area contributed by atoms with Gasteiger partial charge in [0.25, 0.3) is 5.91 Å². The number of anilines is 1. The first-order chi connectivity index (χ1) is 9.99. The van der Waals surface area contributed by atoms with Gasteiger partial charge >= 0.3 is 12.4 Å². The van der Waals surface area contributed by atoms with Crippen molar-refractivity contribution in [1.29, 1.82) is 0 Å². The number of rotatable bonds is 2. The molecule has 1 amide bonds. The second-order valence-corrected chi connectivity index (χ2v) is 5.01. The fourth-order valence-corrected chi connectivity index (χ4v) is 2.49. The van der Waals surface area contributed by atoms with Gasteiger partial charge in [0.15, 0.2) is 5.41 Å². The number of nitrogens with two attached hydrogens (primary N) is 1. The molecule has 0 aliphatic carbocycles. The van der Waals surface area contributed by atoms with E-state index in [0.717, 1.165) is 11.1 Å². The zero-order valence-electron chi connectivity index (χ0n) is 11.0. The Morgan fingerprint density at radius 2 is 1.82 bits per heavy atom. The van der Waals surface area contributed by atoms with Crippen LogP contribution in [0.2, 0.25) is 0 Å². The molecule has 1 aliphatic rings. The Kier molecular flexibility index (Phi) is 3.74. The molecule has 1 fully saturated rings. The molecule has 2 heterocycles. The SMILES string of the molecule is NC(=O)c1cnccc1N1CCC(C(F)(F)F)(C(F)(F)F)C1. The normalized spacial score (nSPS) is 18.5. The molecule has 1 aromatic rings. The van der Waals surface area contributed by atoms with Crippen LogP contribution in [0.25, 0.3) is 0 Å². The van der Waals surface area contributed by atoms with E-state index >= 15 is 0 Å². The van der Waals surface area contributed by atoms with Crippen molar-refractivity contribution >= 4 is 11.6 Å². The van der Waals surface area contributed by atoms with Gasteiger partial charge < -0.3 is 10.6 Å². The Labute approximate surface area is 120 Å². The average Bonchev–Trinajstić information content (AvgIpc) is 2.84. The molecule has 1 aromatic heterocycles. The van der Waals surface area contributed by atoms with Crippen LogP contribution in [0.3, 0.4) is 0 Å². The van der Waals surface area contributed by atoms with Gasteiger partial charge in [-0.1, -0.05) is 0 Å². The van der Waals surface area contributed by atoms with Crippen LogP contribution in [0.15, 0.2) is 18.5 Å². The fourth-order valence-electron chi connectivity index (χ4n) is 2.49. The maximum atomic E-state index is 13.0. The number of nitrogens with zero attached hydrogens (tertiary/aromatic N) is 2. The molecule has 0 bridgehead atoms. The van der Waals surface area contributed by atoms with E-state index < -0.39 is 43.2 Å². The van der Waals surface area contributed by atoms with Gasteiger partial charge in [0.1, 0.15) is 0 Å². The smallest absolute Gasteiger partial charge is 0.370 e. The minimum Gasteiger partial charge on any atom is -0.370 e. The molecule has 0 aromatic carbocycles. The minimum absolute atomic E-state index is 0.0853. The van der Waals surface area contributed by atoms with E-state index in [1.807, 2.05) is 0 Å². The van der Waals surface area contributed by atoms with Gasteiger partial charge in [-0.25, -0.2) is 0 Å². The van der Waals surface area contributed by atoms with Crippen LogP contribution >= 0.6 is 0 Å². The van der Waals surface area contributed by atoms with E-state index in [0.29, 0.717) is 0 Å². The van der Waals surface area contributed by atoms with Gasteiger partial charge in [-0.2, -0.15) is 26.3 Å². The molecule has 4 nitrogen and oxygen atoms in total. The molecule has 22 heavy (non-hydrogen) atoms. The van der Waals surface area contributed by atoms with Crippen LogP contribution in [0, 0.1) is 5.41 Å². The van der Waals surface area contributed by atoms with Crippen molar-refractivity contribution in [3.05, 3.63) is 24.0 Å². The summed E-state index contributed by atoms with van der Waals surface area (Å²) >= 11 is 0. The maximum Gasteiger partial charge on any atom is 0.404 e. The van der Waals surface area contributed by atoms with Crippen molar-refractivity contribution in [2.24, 2.45) is 11.1 Å². The second-order valence-electron chi connectivity index (χ2n) is 5.01. The summed E-state index contributed by atoms with van der Waals surface area (Å²) in [4.78, 5) is 15.7. The number of halogens is 6. The molecular weight excluding hydrogens is 316 g/mol. The Bertz CT molecular complexity index is 569. The molecule has 10 heteroatoms. The molecule has 1 saturated heterocycles. The maximum absolute atomic E-state index is 13.0. The van der Waals surface area contributed by atoms with E-state index in [1.54, 1.807) is 0 Å². The summed E-state index contributed by atoms with van der Waals surface area (Å²) in [6, 6.07) is 1.17. The molecule has 1 aliphatic heterocycles. The number of carbonyl (C=O) groups excluding carboxylic acids is 1. The highest BCUT2D eigenvalue weighted by Crippen LogP contribution is 2.56. The van der Waals surface area contributed by atoms with E-state index in [1.165, 1.54) is 12.3 Å². The Morgan fingerprint density at radius 1 is 1.23 bits per heavy atom. The third-order valence-corrected chi connectivity index (χ3v) is 3.76. The summed E-state index contributed by atoms with van der Waals surface area (Å²) in [6.07, 6.45) is -9.85. The fraction of sp³-hybridized carbons (Fsp3) is 0.500. The number of hydrogen-bond donors (Lipinski definition) is 1. The number of hydrogen-bond acceptors (Lipinski definition) is 3. The quantitative estimate of drug-likeness (QED) is 0.849. The lowest BCUT2D eigenvalue weighted by molar-refractivity contribution is -0.332. The summed E-state index contributed by atoms with van der Waals surface area (Å²) in [5.74, 6) is -0.973. The number of primary amides is 1. The third-order valence-electron chi connectivity index (χ3n) is 3.76. The van der Waals surface area contributed by atoms with E-state index in [-0.39, 0.29) is 11.3 Å². The van der Waals surface area contributed by atoms with Crippen molar-refractivity contribution in [3.63, 3.8) is 0 Å². The van der Waals surface area contributed by atoms with Crippen molar-refractivity contribution in [2.75, 3.05) is 18.0 Å². The van der Waals surface area contributed by atoms with Crippen LogP contribution in [0.5, 0.6) is 0 Å². The largest absolute Gasteiger partial charge is 0.404 e. The monoisotopic (exact) mass is 327 g/mol. The van der Waals surface area contributed by atoms with Gasteiger partial charge in [-0.3, -0.25) is 9.78 Å². The molecule has 0 spiro atoms. The Hall–Kier alpha value is -2.00. The summed E-state index contributed by atoms with van der Waals surface area (Å²) < 4.78 is 78.1. The number of carbonyl (C=O) groups is 1. The highest BCUT2D eigenvalue weighted by atomic mass is 19.4. The van der Waals surface area contributed by atoms with E-state index in [2.05, 4.69) is 4.98 Å². The van der Waals surface area contributed by atoms with Crippen molar-refractivity contribution < 1.29 is 31.1 Å². The molecule has 2 N–H and O–H groups in total. The highest BCUT2D eigenvalue weighted by molar-refractivity contribution is 5.98. The first-order valence-corrected chi connectivity index (χ1v) is 6.12. The molecule has 0 saturated carbocycles. The van der Waals surface area contributed by atoms with Crippen LogP contribution in [0.4, 0.5) is 32.0 Å². The second kappa shape index (κ2) is 5.03.